The Hall–Kier alpha value is -2.90. The van der Waals surface area contributed by atoms with E-state index in [2.05, 4.69) is 15.3 Å². The summed E-state index contributed by atoms with van der Waals surface area (Å²) in [7, 11) is 0. The summed E-state index contributed by atoms with van der Waals surface area (Å²) in [5.41, 5.74) is 0.706. The highest BCUT2D eigenvalue weighted by atomic mass is 19.4. The molecule has 1 aliphatic rings. The lowest BCUT2D eigenvalue weighted by Crippen LogP contribution is -2.23. The molecule has 29 heavy (non-hydrogen) atoms. The maximum atomic E-state index is 13.0. The van der Waals surface area contributed by atoms with Crippen molar-refractivity contribution in [3.63, 3.8) is 0 Å². The molecule has 0 radical (unpaired) electrons. The highest BCUT2D eigenvalue weighted by Crippen LogP contribution is 2.38. The van der Waals surface area contributed by atoms with E-state index in [0.717, 1.165) is 37.1 Å². The summed E-state index contributed by atoms with van der Waals surface area (Å²) in [6, 6.07) is 10.8. The first-order valence-electron chi connectivity index (χ1n) is 9.63. The third-order valence-electron chi connectivity index (χ3n) is 5.41. The maximum Gasteiger partial charge on any atom is 0.417 e. The lowest BCUT2D eigenvalue weighted by Gasteiger charge is -2.28. The van der Waals surface area contributed by atoms with Gasteiger partial charge in [-0.25, -0.2) is 9.97 Å². The van der Waals surface area contributed by atoms with Gasteiger partial charge in [-0.3, -0.25) is 14.7 Å². The normalized spacial score (nSPS) is 15.9. The lowest BCUT2D eigenvalue weighted by atomic mass is 9.93. The number of amides is 1. The molecule has 8 heteroatoms. The number of alkyl halides is 3. The summed E-state index contributed by atoms with van der Waals surface area (Å²) in [5, 5.41) is 2.80. The first kappa shape index (κ1) is 19.4. The zero-order valence-electron chi connectivity index (χ0n) is 15.9. The maximum absolute atomic E-state index is 13.0. The van der Waals surface area contributed by atoms with Crippen molar-refractivity contribution in [2.24, 2.45) is 0 Å². The molecule has 1 aromatic carbocycles. The number of hydrogen-bond donors (Lipinski definition) is 1. The summed E-state index contributed by atoms with van der Waals surface area (Å²) in [4.78, 5) is 20.9. The fourth-order valence-corrected chi connectivity index (χ4v) is 3.57. The monoisotopic (exact) mass is 402 g/mol. The zero-order chi connectivity index (χ0) is 20.6. The number of pyridine rings is 1. The standard InChI is InChI=1S/C21H21F3N4O/c1-13(14-6-3-2-4-7-14)10-18(29)27-20-26-17-11-15(21(22,23)24)12-25-19(17)28(20)16-8-5-9-16/h2-4,6-7,11-13,16H,5,8-10H2,1H3,(H,26,27,29). The van der Waals surface area contributed by atoms with Gasteiger partial charge in [-0.1, -0.05) is 37.3 Å². The van der Waals surface area contributed by atoms with E-state index in [1.165, 1.54) is 0 Å². The van der Waals surface area contributed by atoms with Crippen LogP contribution in [0, 0.1) is 0 Å². The molecule has 4 rings (SSSR count). The Balaban J connectivity index is 1.61. The van der Waals surface area contributed by atoms with Crippen molar-refractivity contribution in [3.8, 4) is 0 Å². The molecule has 2 aromatic heterocycles. The molecule has 2 heterocycles. The van der Waals surface area contributed by atoms with Crippen LogP contribution in [-0.2, 0) is 11.0 Å². The van der Waals surface area contributed by atoms with Crippen LogP contribution in [0.3, 0.4) is 0 Å². The van der Waals surface area contributed by atoms with E-state index >= 15 is 0 Å². The van der Waals surface area contributed by atoms with Gasteiger partial charge in [0.15, 0.2) is 5.65 Å². The molecule has 1 atom stereocenters. The molecule has 5 nitrogen and oxygen atoms in total. The number of halogens is 3. The zero-order valence-corrected chi connectivity index (χ0v) is 15.9. The molecule has 1 fully saturated rings. The van der Waals surface area contributed by atoms with Crippen LogP contribution in [0.2, 0.25) is 0 Å². The van der Waals surface area contributed by atoms with Crippen LogP contribution < -0.4 is 5.32 Å². The highest BCUT2D eigenvalue weighted by Gasteiger charge is 2.33. The Morgan fingerprint density at radius 3 is 2.62 bits per heavy atom. The quantitative estimate of drug-likeness (QED) is 0.629. The number of carbonyl (C=O) groups is 1. The average Bonchev–Trinajstić information content (AvgIpc) is 2.97. The van der Waals surface area contributed by atoms with Crippen molar-refractivity contribution in [2.45, 2.75) is 50.7 Å². The third-order valence-corrected chi connectivity index (χ3v) is 5.41. The Morgan fingerprint density at radius 1 is 1.28 bits per heavy atom. The lowest BCUT2D eigenvalue weighted by molar-refractivity contribution is -0.137. The Kier molecular flexibility index (Phi) is 5.02. The average molecular weight is 402 g/mol. The minimum atomic E-state index is -4.49. The van der Waals surface area contributed by atoms with Crippen LogP contribution in [0.25, 0.3) is 11.2 Å². The van der Waals surface area contributed by atoms with Crippen LogP contribution in [0.15, 0.2) is 42.6 Å². The molecule has 3 aromatic rings. The predicted molar refractivity (Wildman–Crippen MR) is 104 cm³/mol. The smallest absolute Gasteiger partial charge is 0.296 e. The number of aromatic nitrogens is 3. The minimum Gasteiger partial charge on any atom is -0.296 e. The van der Waals surface area contributed by atoms with Gasteiger partial charge in [-0.15, -0.1) is 0 Å². The number of anilines is 1. The summed E-state index contributed by atoms with van der Waals surface area (Å²) < 4.78 is 40.9. The number of carbonyl (C=O) groups excluding carboxylic acids is 1. The molecule has 152 valence electrons. The summed E-state index contributed by atoms with van der Waals surface area (Å²) in [6.45, 7) is 1.96. The number of hydrogen-bond acceptors (Lipinski definition) is 3. The van der Waals surface area contributed by atoms with Gasteiger partial charge in [0.05, 0.1) is 5.56 Å². The van der Waals surface area contributed by atoms with Crippen molar-refractivity contribution < 1.29 is 18.0 Å². The highest BCUT2D eigenvalue weighted by molar-refractivity contribution is 5.91. The second-order valence-electron chi connectivity index (χ2n) is 7.52. The Bertz CT molecular complexity index is 1030. The van der Waals surface area contributed by atoms with E-state index in [4.69, 9.17) is 0 Å². The van der Waals surface area contributed by atoms with Gasteiger partial charge in [0.2, 0.25) is 11.9 Å². The van der Waals surface area contributed by atoms with Gasteiger partial charge in [-0.05, 0) is 36.8 Å². The number of nitrogens with zero attached hydrogens (tertiary/aromatic N) is 3. The van der Waals surface area contributed by atoms with Crippen LogP contribution in [0.5, 0.6) is 0 Å². The molecular weight excluding hydrogens is 381 g/mol. The van der Waals surface area contributed by atoms with Crippen LogP contribution in [0.1, 0.15) is 55.7 Å². The summed E-state index contributed by atoms with van der Waals surface area (Å²) in [5.74, 6) is 0.0442. The molecule has 1 N–H and O–H groups in total. The molecule has 1 amide bonds. The molecule has 0 bridgehead atoms. The van der Waals surface area contributed by atoms with Crippen molar-refractivity contribution in [2.75, 3.05) is 5.32 Å². The van der Waals surface area contributed by atoms with E-state index in [0.29, 0.717) is 5.65 Å². The summed E-state index contributed by atoms with van der Waals surface area (Å²) in [6.07, 6.45) is -0.615. The van der Waals surface area contributed by atoms with Crippen LogP contribution in [-0.4, -0.2) is 20.4 Å². The second-order valence-corrected chi connectivity index (χ2v) is 7.52. The van der Waals surface area contributed by atoms with E-state index in [-0.39, 0.29) is 35.8 Å². The molecule has 0 aliphatic heterocycles. The van der Waals surface area contributed by atoms with E-state index in [9.17, 15) is 18.0 Å². The van der Waals surface area contributed by atoms with Crippen molar-refractivity contribution in [3.05, 3.63) is 53.7 Å². The van der Waals surface area contributed by atoms with Gasteiger partial charge in [0, 0.05) is 18.7 Å². The van der Waals surface area contributed by atoms with Gasteiger partial charge < -0.3 is 0 Å². The Morgan fingerprint density at radius 2 is 2.00 bits per heavy atom. The van der Waals surface area contributed by atoms with Crippen molar-refractivity contribution in [1.82, 2.24) is 14.5 Å². The van der Waals surface area contributed by atoms with E-state index in [1.807, 2.05) is 37.3 Å². The fraction of sp³-hybridized carbons (Fsp3) is 0.381. The van der Waals surface area contributed by atoms with E-state index < -0.39 is 11.7 Å². The van der Waals surface area contributed by atoms with Crippen molar-refractivity contribution >= 4 is 23.0 Å². The molecule has 1 saturated carbocycles. The van der Waals surface area contributed by atoms with Gasteiger partial charge >= 0.3 is 6.18 Å². The number of rotatable bonds is 5. The summed E-state index contributed by atoms with van der Waals surface area (Å²) >= 11 is 0. The molecule has 1 unspecified atom stereocenters. The molecular formula is C21H21F3N4O. The van der Waals surface area contributed by atoms with Gasteiger partial charge in [0.1, 0.15) is 5.52 Å². The van der Waals surface area contributed by atoms with Crippen LogP contribution in [0.4, 0.5) is 19.1 Å². The number of benzene rings is 1. The minimum absolute atomic E-state index is 0.00712. The Labute approximate surface area is 166 Å². The van der Waals surface area contributed by atoms with E-state index in [1.54, 1.807) is 4.57 Å². The molecule has 1 aliphatic carbocycles. The third kappa shape index (κ3) is 3.97. The van der Waals surface area contributed by atoms with Crippen LogP contribution >= 0.6 is 0 Å². The largest absolute Gasteiger partial charge is 0.417 e. The first-order valence-corrected chi connectivity index (χ1v) is 9.63. The number of fused-ring (bicyclic) bond motifs is 1. The number of imidazole rings is 1. The molecule has 0 saturated heterocycles. The topological polar surface area (TPSA) is 59.8 Å². The van der Waals surface area contributed by atoms with Gasteiger partial charge in [0.25, 0.3) is 0 Å². The van der Waals surface area contributed by atoms with Gasteiger partial charge in [-0.2, -0.15) is 13.2 Å². The second kappa shape index (κ2) is 7.50. The molecule has 0 spiro atoms. The van der Waals surface area contributed by atoms with Crippen molar-refractivity contribution in [1.29, 1.82) is 0 Å². The predicted octanol–water partition coefficient (Wildman–Crippen LogP) is 5.31. The SMILES string of the molecule is CC(CC(=O)Nc1nc2cc(C(F)(F)F)cnc2n1C1CCC1)c1ccccc1. The number of nitrogens with one attached hydrogen (secondary N) is 1. The first-order chi connectivity index (χ1) is 13.8. The fourth-order valence-electron chi connectivity index (χ4n) is 3.57.